The van der Waals surface area contributed by atoms with Crippen LogP contribution < -0.4 is 5.32 Å². The van der Waals surface area contributed by atoms with Crippen LogP contribution >= 0.6 is 0 Å². The number of rotatable bonds is 5. The highest BCUT2D eigenvalue weighted by Crippen LogP contribution is 2.14. The predicted molar refractivity (Wildman–Crippen MR) is 80.6 cm³/mol. The van der Waals surface area contributed by atoms with Gasteiger partial charge in [0.2, 0.25) is 5.91 Å². The fourth-order valence-corrected chi connectivity index (χ4v) is 2.75. The molecule has 0 radical (unpaired) electrons. The summed E-state index contributed by atoms with van der Waals surface area (Å²) in [6, 6.07) is 4.38. The number of pyridine rings is 1. The van der Waals surface area contributed by atoms with E-state index in [1.807, 2.05) is 25.3 Å². The maximum absolute atomic E-state index is 12.6. The summed E-state index contributed by atoms with van der Waals surface area (Å²) >= 11 is 0. The number of nitrogens with one attached hydrogen (secondary N) is 1. The Hall–Kier alpha value is -1.42. The summed E-state index contributed by atoms with van der Waals surface area (Å²) in [7, 11) is 0. The van der Waals surface area contributed by atoms with Crippen LogP contribution in [0, 0.1) is 6.92 Å². The van der Waals surface area contributed by atoms with E-state index in [-0.39, 0.29) is 5.91 Å². The molecule has 1 amide bonds. The Morgan fingerprint density at radius 1 is 1.40 bits per heavy atom. The summed E-state index contributed by atoms with van der Waals surface area (Å²) in [5.74, 6) is 0.240. The first-order valence-corrected chi connectivity index (χ1v) is 7.62. The van der Waals surface area contributed by atoms with Crippen LogP contribution in [0.25, 0.3) is 0 Å². The molecule has 20 heavy (non-hydrogen) atoms. The molecule has 1 aromatic rings. The van der Waals surface area contributed by atoms with Crippen LogP contribution in [-0.4, -0.2) is 41.5 Å². The molecule has 1 aromatic heterocycles. The first-order valence-electron chi connectivity index (χ1n) is 7.62. The summed E-state index contributed by atoms with van der Waals surface area (Å²) in [6.45, 7) is 7.00. The number of aryl methyl sites for hydroxylation is 1. The van der Waals surface area contributed by atoms with Gasteiger partial charge in [0.15, 0.2) is 0 Å². The third-order valence-corrected chi connectivity index (χ3v) is 3.86. The molecule has 0 saturated carbocycles. The molecule has 0 spiro atoms. The second-order valence-corrected chi connectivity index (χ2v) is 5.55. The maximum Gasteiger partial charge on any atom is 0.227 e. The molecule has 0 aromatic carbocycles. The minimum absolute atomic E-state index is 0.240. The Balaban J connectivity index is 2.00. The van der Waals surface area contributed by atoms with Gasteiger partial charge in [0.05, 0.1) is 6.42 Å². The van der Waals surface area contributed by atoms with E-state index in [0.29, 0.717) is 12.5 Å². The van der Waals surface area contributed by atoms with Gasteiger partial charge in [-0.05, 0) is 50.9 Å². The molecular weight excluding hydrogens is 250 g/mol. The van der Waals surface area contributed by atoms with Gasteiger partial charge in [0.25, 0.3) is 0 Å². The zero-order valence-electron chi connectivity index (χ0n) is 12.6. The van der Waals surface area contributed by atoms with Crippen LogP contribution in [0.5, 0.6) is 0 Å². The number of carbonyl (C=O) groups excluding carboxylic acids is 1. The van der Waals surface area contributed by atoms with Crippen molar-refractivity contribution in [2.75, 3.05) is 19.6 Å². The van der Waals surface area contributed by atoms with Crippen molar-refractivity contribution in [3.05, 3.63) is 29.6 Å². The molecule has 4 heteroatoms. The van der Waals surface area contributed by atoms with Crippen LogP contribution in [-0.2, 0) is 11.2 Å². The quantitative estimate of drug-likeness (QED) is 0.893. The van der Waals surface area contributed by atoms with Gasteiger partial charge < -0.3 is 10.2 Å². The molecule has 1 N–H and O–H groups in total. The van der Waals surface area contributed by atoms with E-state index in [1.54, 1.807) is 0 Å². The van der Waals surface area contributed by atoms with Crippen molar-refractivity contribution in [1.29, 1.82) is 0 Å². The van der Waals surface area contributed by atoms with Gasteiger partial charge in [-0.3, -0.25) is 9.78 Å². The normalized spacial score (nSPS) is 16.1. The van der Waals surface area contributed by atoms with Gasteiger partial charge in [-0.25, -0.2) is 0 Å². The van der Waals surface area contributed by atoms with Crippen LogP contribution in [0.1, 0.15) is 37.4 Å². The van der Waals surface area contributed by atoms with Crippen molar-refractivity contribution in [3.63, 3.8) is 0 Å². The highest BCUT2D eigenvalue weighted by Gasteiger charge is 2.24. The van der Waals surface area contributed by atoms with Crippen LogP contribution in [0.3, 0.4) is 0 Å². The second kappa shape index (κ2) is 7.39. The Morgan fingerprint density at radius 2 is 2.15 bits per heavy atom. The Bertz CT molecular complexity index is 424. The van der Waals surface area contributed by atoms with E-state index in [4.69, 9.17) is 0 Å². The topological polar surface area (TPSA) is 45.2 Å². The number of aromatic nitrogens is 1. The fourth-order valence-electron chi connectivity index (χ4n) is 2.75. The third-order valence-electron chi connectivity index (χ3n) is 3.86. The standard InChI is InChI=1S/C16H25N3O/c1-3-10-19(15-6-8-17-9-7-15)16(20)11-14-5-4-13(2)18-12-14/h4-5,12,15,17H,3,6-11H2,1-2H3. The predicted octanol–water partition coefficient (Wildman–Crippen LogP) is 1.92. The molecule has 1 fully saturated rings. The number of hydrogen-bond acceptors (Lipinski definition) is 3. The van der Waals surface area contributed by atoms with Gasteiger partial charge in [-0.1, -0.05) is 13.0 Å². The van der Waals surface area contributed by atoms with Gasteiger partial charge in [-0.15, -0.1) is 0 Å². The molecule has 0 aliphatic carbocycles. The van der Waals surface area contributed by atoms with Gasteiger partial charge in [-0.2, -0.15) is 0 Å². The zero-order chi connectivity index (χ0) is 14.4. The third kappa shape index (κ3) is 4.04. The smallest absolute Gasteiger partial charge is 0.227 e. The molecular formula is C16H25N3O. The van der Waals surface area contributed by atoms with Crippen LogP contribution in [0.15, 0.2) is 18.3 Å². The van der Waals surface area contributed by atoms with Crippen molar-refractivity contribution in [3.8, 4) is 0 Å². The van der Waals surface area contributed by atoms with E-state index in [2.05, 4.69) is 22.1 Å². The number of piperidine rings is 1. The number of amides is 1. The highest BCUT2D eigenvalue weighted by molar-refractivity contribution is 5.79. The number of nitrogens with zero attached hydrogens (tertiary/aromatic N) is 2. The molecule has 0 atom stereocenters. The van der Waals surface area contributed by atoms with Gasteiger partial charge in [0.1, 0.15) is 0 Å². The van der Waals surface area contributed by atoms with Crippen molar-refractivity contribution >= 4 is 5.91 Å². The van der Waals surface area contributed by atoms with Crippen molar-refractivity contribution in [2.45, 2.75) is 45.6 Å². The van der Waals surface area contributed by atoms with Gasteiger partial charge >= 0.3 is 0 Å². The molecule has 4 nitrogen and oxygen atoms in total. The average Bonchev–Trinajstić information content (AvgIpc) is 2.48. The lowest BCUT2D eigenvalue weighted by atomic mass is 10.0. The molecule has 2 heterocycles. The fraction of sp³-hybridized carbons (Fsp3) is 0.625. The Kier molecular flexibility index (Phi) is 5.53. The SMILES string of the molecule is CCCN(C(=O)Cc1ccc(C)nc1)C1CCNCC1. The molecule has 2 rings (SSSR count). The Labute approximate surface area is 121 Å². The highest BCUT2D eigenvalue weighted by atomic mass is 16.2. The van der Waals surface area contributed by atoms with Crippen molar-refractivity contribution < 1.29 is 4.79 Å². The first-order chi connectivity index (χ1) is 9.70. The molecule has 1 aliphatic rings. The van der Waals surface area contributed by atoms with E-state index in [0.717, 1.165) is 50.2 Å². The maximum atomic E-state index is 12.6. The largest absolute Gasteiger partial charge is 0.339 e. The van der Waals surface area contributed by atoms with Crippen LogP contribution in [0.4, 0.5) is 0 Å². The van der Waals surface area contributed by atoms with Crippen molar-refractivity contribution in [1.82, 2.24) is 15.2 Å². The molecule has 0 bridgehead atoms. The molecule has 1 saturated heterocycles. The summed E-state index contributed by atoms with van der Waals surface area (Å²) in [4.78, 5) is 18.9. The van der Waals surface area contributed by atoms with Gasteiger partial charge in [0, 0.05) is 24.5 Å². The summed E-state index contributed by atoms with van der Waals surface area (Å²) in [5, 5.41) is 3.36. The summed E-state index contributed by atoms with van der Waals surface area (Å²) < 4.78 is 0. The average molecular weight is 275 g/mol. The van der Waals surface area contributed by atoms with E-state index in [1.165, 1.54) is 0 Å². The van der Waals surface area contributed by atoms with Crippen molar-refractivity contribution in [2.24, 2.45) is 0 Å². The first kappa shape index (κ1) is 15.0. The monoisotopic (exact) mass is 275 g/mol. The molecule has 1 aliphatic heterocycles. The lowest BCUT2D eigenvalue weighted by Gasteiger charge is -2.34. The summed E-state index contributed by atoms with van der Waals surface area (Å²) in [6.07, 6.45) is 5.44. The van der Waals surface area contributed by atoms with Crippen LogP contribution in [0.2, 0.25) is 0 Å². The number of hydrogen-bond donors (Lipinski definition) is 1. The second-order valence-electron chi connectivity index (χ2n) is 5.55. The van der Waals surface area contributed by atoms with E-state index < -0.39 is 0 Å². The Morgan fingerprint density at radius 3 is 2.75 bits per heavy atom. The lowest BCUT2D eigenvalue weighted by molar-refractivity contribution is -0.133. The minimum Gasteiger partial charge on any atom is -0.339 e. The molecule has 110 valence electrons. The summed E-state index contributed by atoms with van der Waals surface area (Å²) in [5.41, 5.74) is 2.00. The zero-order valence-corrected chi connectivity index (χ0v) is 12.6. The molecule has 0 unspecified atom stereocenters. The van der Waals surface area contributed by atoms with E-state index in [9.17, 15) is 4.79 Å². The number of carbonyl (C=O) groups is 1. The lowest BCUT2D eigenvalue weighted by Crippen LogP contribution is -2.47. The minimum atomic E-state index is 0.240. The van der Waals surface area contributed by atoms with E-state index >= 15 is 0 Å².